The second kappa shape index (κ2) is 4.79. The Morgan fingerprint density at radius 3 is 2.84 bits per heavy atom. The first-order valence-corrected chi connectivity index (χ1v) is 7.01. The van der Waals surface area contributed by atoms with Gasteiger partial charge in [0.25, 0.3) is 0 Å². The van der Waals surface area contributed by atoms with Gasteiger partial charge >= 0.3 is 0 Å². The molecular formula is C14H11ClN2OS. The molecule has 0 radical (unpaired) electrons. The first-order chi connectivity index (χ1) is 9.20. The molecule has 2 aromatic heterocycles. The van der Waals surface area contributed by atoms with E-state index in [9.17, 15) is 0 Å². The molecule has 96 valence electrons. The van der Waals surface area contributed by atoms with Crippen LogP contribution in [-0.4, -0.2) is 17.1 Å². The fourth-order valence-electron chi connectivity index (χ4n) is 2.02. The number of thiophene rings is 1. The third kappa shape index (κ3) is 2.07. The van der Waals surface area contributed by atoms with E-state index in [1.807, 2.05) is 36.6 Å². The maximum Gasteiger partial charge on any atom is 0.175 e. The average Bonchev–Trinajstić information content (AvgIpc) is 2.86. The summed E-state index contributed by atoms with van der Waals surface area (Å²) in [6.45, 7) is 2.00. The standard InChI is InChI=1S/C14H11ClN2OS/c1-8-4-3-5-9-11(8)13(15)17-14(16-9)12-10(18-2)6-7-19-12/h3-7H,1-2H3. The summed E-state index contributed by atoms with van der Waals surface area (Å²) in [6.07, 6.45) is 0. The second-order valence-electron chi connectivity index (χ2n) is 4.13. The van der Waals surface area contributed by atoms with Crippen LogP contribution in [0.4, 0.5) is 0 Å². The molecule has 0 N–H and O–H groups in total. The Labute approximate surface area is 119 Å². The van der Waals surface area contributed by atoms with Crippen molar-refractivity contribution in [3.8, 4) is 16.5 Å². The number of nitrogens with zero attached hydrogens (tertiary/aromatic N) is 2. The Balaban J connectivity index is 2.27. The number of halogens is 1. The van der Waals surface area contributed by atoms with Crippen LogP contribution < -0.4 is 4.74 Å². The lowest BCUT2D eigenvalue weighted by Crippen LogP contribution is -1.93. The number of methoxy groups -OCH3 is 1. The molecule has 0 atom stereocenters. The van der Waals surface area contributed by atoms with Crippen LogP contribution in [0.5, 0.6) is 5.75 Å². The first-order valence-electron chi connectivity index (χ1n) is 5.75. The highest BCUT2D eigenvalue weighted by atomic mass is 35.5. The van der Waals surface area contributed by atoms with E-state index in [2.05, 4.69) is 9.97 Å². The average molecular weight is 291 g/mol. The highest BCUT2D eigenvalue weighted by molar-refractivity contribution is 7.13. The predicted molar refractivity (Wildman–Crippen MR) is 79.2 cm³/mol. The number of aromatic nitrogens is 2. The molecule has 2 heterocycles. The van der Waals surface area contributed by atoms with Gasteiger partial charge in [0, 0.05) is 5.39 Å². The summed E-state index contributed by atoms with van der Waals surface area (Å²) in [5, 5.41) is 3.34. The number of hydrogen-bond donors (Lipinski definition) is 0. The summed E-state index contributed by atoms with van der Waals surface area (Å²) >= 11 is 7.83. The van der Waals surface area contributed by atoms with Crippen molar-refractivity contribution < 1.29 is 4.74 Å². The lowest BCUT2D eigenvalue weighted by atomic mass is 10.1. The van der Waals surface area contributed by atoms with Crippen LogP contribution in [0.3, 0.4) is 0 Å². The van der Waals surface area contributed by atoms with Crippen molar-refractivity contribution in [1.82, 2.24) is 9.97 Å². The Kier molecular flexibility index (Phi) is 3.12. The summed E-state index contributed by atoms with van der Waals surface area (Å²) in [6, 6.07) is 7.82. The molecule has 0 fully saturated rings. The third-order valence-electron chi connectivity index (χ3n) is 2.94. The van der Waals surface area contributed by atoms with Crippen LogP contribution in [0.2, 0.25) is 5.15 Å². The highest BCUT2D eigenvalue weighted by Crippen LogP contribution is 2.35. The molecular weight excluding hydrogens is 280 g/mol. The molecule has 0 bridgehead atoms. The predicted octanol–water partition coefficient (Wildman–Crippen LogP) is 4.33. The van der Waals surface area contributed by atoms with Crippen molar-refractivity contribution >= 4 is 33.8 Å². The highest BCUT2D eigenvalue weighted by Gasteiger charge is 2.14. The Morgan fingerprint density at radius 1 is 1.21 bits per heavy atom. The molecule has 0 aliphatic heterocycles. The molecule has 0 saturated heterocycles. The number of ether oxygens (including phenoxy) is 1. The van der Waals surface area contributed by atoms with Gasteiger partial charge in [0.1, 0.15) is 15.8 Å². The lowest BCUT2D eigenvalue weighted by Gasteiger charge is -2.06. The minimum atomic E-state index is 0.480. The van der Waals surface area contributed by atoms with Crippen molar-refractivity contribution in [1.29, 1.82) is 0 Å². The zero-order valence-electron chi connectivity index (χ0n) is 10.5. The van der Waals surface area contributed by atoms with Gasteiger partial charge in [-0.2, -0.15) is 0 Å². The van der Waals surface area contributed by atoms with Crippen molar-refractivity contribution in [3.05, 3.63) is 40.4 Å². The van der Waals surface area contributed by atoms with Gasteiger partial charge in [0.15, 0.2) is 5.82 Å². The summed E-state index contributed by atoms with van der Waals surface area (Å²) < 4.78 is 5.30. The van der Waals surface area contributed by atoms with E-state index in [0.29, 0.717) is 11.0 Å². The van der Waals surface area contributed by atoms with Crippen molar-refractivity contribution in [2.24, 2.45) is 0 Å². The Bertz CT molecular complexity index is 754. The zero-order valence-corrected chi connectivity index (χ0v) is 12.0. The normalized spacial score (nSPS) is 10.9. The Hall–Kier alpha value is -1.65. The fourth-order valence-corrected chi connectivity index (χ4v) is 3.14. The SMILES string of the molecule is COc1ccsc1-c1nc(Cl)c2c(C)cccc2n1. The van der Waals surface area contributed by atoms with Crippen molar-refractivity contribution in [2.75, 3.05) is 7.11 Å². The number of aryl methyl sites for hydroxylation is 1. The van der Waals surface area contributed by atoms with Crippen LogP contribution >= 0.6 is 22.9 Å². The molecule has 3 rings (SSSR count). The maximum absolute atomic E-state index is 6.29. The van der Waals surface area contributed by atoms with Gasteiger partial charge in [-0.25, -0.2) is 9.97 Å². The smallest absolute Gasteiger partial charge is 0.175 e. The molecule has 0 aliphatic rings. The van der Waals surface area contributed by atoms with E-state index in [1.54, 1.807) is 18.4 Å². The molecule has 0 aliphatic carbocycles. The van der Waals surface area contributed by atoms with Crippen LogP contribution in [-0.2, 0) is 0 Å². The van der Waals surface area contributed by atoms with E-state index < -0.39 is 0 Å². The second-order valence-corrected chi connectivity index (χ2v) is 5.40. The summed E-state index contributed by atoms with van der Waals surface area (Å²) in [4.78, 5) is 9.88. The molecule has 0 spiro atoms. The quantitative estimate of drug-likeness (QED) is 0.659. The van der Waals surface area contributed by atoms with Gasteiger partial charge in [-0.15, -0.1) is 11.3 Å². The topological polar surface area (TPSA) is 35.0 Å². The molecule has 19 heavy (non-hydrogen) atoms. The summed E-state index contributed by atoms with van der Waals surface area (Å²) in [7, 11) is 1.64. The molecule has 5 heteroatoms. The fraction of sp³-hybridized carbons (Fsp3) is 0.143. The van der Waals surface area contributed by atoms with E-state index in [0.717, 1.165) is 27.1 Å². The van der Waals surface area contributed by atoms with Crippen molar-refractivity contribution in [2.45, 2.75) is 6.92 Å². The van der Waals surface area contributed by atoms with E-state index in [4.69, 9.17) is 16.3 Å². The monoisotopic (exact) mass is 290 g/mol. The number of hydrogen-bond acceptors (Lipinski definition) is 4. The van der Waals surface area contributed by atoms with Crippen LogP contribution in [0.1, 0.15) is 5.56 Å². The lowest BCUT2D eigenvalue weighted by molar-refractivity contribution is 0.418. The van der Waals surface area contributed by atoms with Crippen LogP contribution in [0.15, 0.2) is 29.6 Å². The number of benzene rings is 1. The van der Waals surface area contributed by atoms with Gasteiger partial charge in [0.05, 0.1) is 12.6 Å². The Morgan fingerprint density at radius 2 is 2.05 bits per heavy atom. The molecule has 3 nitrogen and oxygen atoms in total. The number of rotatable bonds is 2. The van der Waals surface area contributed by atoms with Gasteiger partial charge in [0.2, 0.25) is 0 Å². The van der Waals surface area contributed by atoms with Gasteiger partial charge in [-0.1, -0.05) is 23.7 Å². The van der Waals surface area contributed by atoms with Gasteiger partial charge in [-0.3, -0.25) is 0 Å². The minimum absolute atomic E-state index is 0.480. The summed E-state index contributed by atoms with van der Waals surface area (Å²) in [5.74, 6) is 1.38. The third-order valence-corrected chi connectivity index (χ3v) is 4.10. The van der Waals surface area contributed by atoms with E-state index >= 15 is 0 Å². The van der Waals surface area contributed by atoms with Crippen molar-refractivity contribution in [3.63, 3.8) is 0 Å². The first kappa shape index (κ1) is 12.4. The molecule has 0 saturated carbocycles. The van der Waals surface area contributed by atoms with Gasteiger partial charge < -0.3 is 4.74 Å². The number of fused-ring (bicyclic) bond motifs is 1. The molecule has 1 aromatic carbocycles. The largest absolute Gasteiger partial charge is 0.495 e. The molecule has 0 amide bonds. The maximum atomic E-state index is 6.29. The van der Waals surface area contributed by atoms with E-state index in [-0.39, 0.29) is 0 Å². The molecule has 3 aromatic rings. The minimum Gasteiger partial charge on any atom is -0.495 e. The molecule has 0 unspecified atom stereocenters. The van der Waals surface area contributed by atoms with Gasteiger partial charge in [-0.05, 0) is 30.0 Å². The zero-order chi connectivity index (χ0) is 13.4. The van der Waals surface area contributed by atoms with Crippen LogP contribution in [0, 0.1) is 6.92 Å². The summed E-state index contributed by atoms with van der Waals surface area (Å²) in [5.41, 5.74) is 1.93. The van der Waals surface area contributed by atoms with Crippen LogP contribution in [0.25, 0.3) is 21.6 Å². The van der Waals surface area contributed by atoms with E-state index in [1.165, 1.54) is 0 Å².